The molecule has 9 heteroatoms. The molecule has 0 aromatic heterocycles. The van der Waals surface area contributed by atoms with Crippen molar-refractivity contribution in [3.05, 3.63) is 75.6 Å². The van der Waals surface area contributed by atoms with E-state index in [1.807, 2.05) is 0 Å². The smallest absolute Gasteiger partial charge is 0.263 e. The van der Waals surface area contributed by atoms with Gasteiger partial charge in [0, 0.05) is 17.4 Å². The van der Waals surface area contributed by atoms with Gasteiger partial charge in [-0.3, -0.25) is 10.1 Å². The van der Waals surface area contributed by atoms with Crippen LogP contribution in [0.15, 0.2) is 53.4 Å². The SMILES string of the molecule is Cc1ccc(S(=O)(=O)N[C@H](c2ccccc2F)[C@@](C)(Cl)[N+](=O)[O-])cc1. The summed E-state index contributed by atoms with van der Waals surface area (Å²) in [6.07, 6.45) is 0. The van der Waals surface area contributed by atoms with Crippen LogP contribution >= 0.6 is 11.6 Å². The van der Waals surface area contributed by atoms with Crippen molar-refractivity contribution in [1.29, 1.82) is 0 Å². The van der Waals surface area contributed by atoms with Crippen molar-refractivity contribution in [3.63, 3.8) is 0 Å². The predicted molar refractivity (Wildman–Crippen MR) is 91.9 cm³/mol. The fourth-order valence-corrected chi connectivity index (χ4v) is 3.74. The van der Waals surface area contributed by atoms with E-state index in [1.165, 1.54) is 30.3 Å². The molecule has 0 spiro atoms. The normalized spacial score (nSPS) is 15.4. The number of nitrogens with zero attached hydrogens (tertiary/aromatic N) is 1. The molecule has 0 heterocycles. The van der Waals surface area contributed by atoms with Gasteiger partial charge in [0.25, 0.3) is 0 Å². The number of hydrogen-bond acceptors (Lipinski definition) is 4. The average molecular weight is 387 g/mol. The van der Waals surface area contributed by atoms with Gasteiger partial charge in [0.1, 0.15) is 11.9 Å². The fraction of sp³-hybridized carbons (Fsp3) is 0.250. The predicted octanol–water partition coefficient (Wildman–Crippen LogP) is 3.39. The highest BCUT2D eigenvalue weighted by Crippen LogP contribution is 2.35. The largest absolute Gasteiger partial charge is 0.312 e. The van der Waals surface area contributed by atoms with Crippen molar-refractivity contribution >= 4 is 21.6 Å². The molecule has 2 rings (SSSR count). The van der Waals surface area contributed by atoms with E-state index in [-0.39, 0.29) is 10.5 Å². The number of hydrogen-bond donors (Lipinski definition) is 1. The number of halogens is 2. The number of benzene rings is 2. The Morgan fingerprint density at radius 3 is 2.28 bits per heavy atom. The van der Waals surface area contributed by atoms with Gasteiger partial charge in [0.05, 0.1) is 4.90 Å². The van der Waals surface area contributed by atoms with Crippen molar-refractivity contribution in [2.45, 2.75) is 29.8 Å². The van der Waals surface area contributed by atoms with Gasteiger partial charge in [0.2, 0.25) is 10.0 Å². The highest BCUT2D eigenvalue weighted by atomic mass is 35.5. The molecule has 0 radical (unpaired) electrons. The maximum atomic E-state index is 14.1. The number of rotatable bonds is 6. The Kier molecular flexibility index (Phi) is 5.46. The lowest BCUT2D eigenvalue weighted by atomic mass is 10.0. The molecule has 0 unspecified atom stereocenters. The van der Waals surface area contributed by atoms with Gasteiger partial charge in [-0.25, -0.2) is 12.8 Å². The molecule has 0 aliphatic rings. The molecule has 0 aliphatic carbocycles. The summed E-state index contributed by atoms with van der Waals surface area (Å²) in [5.74, 6) is -0.798. The molecule has 6 nitrogen and oxygen atoms in total. The first-order chi connectivity index (χ1) is 11.6. The minimum absolute atomic E-state index is 0.102. The molecule has 0 amide bonds. The molecule has 0 fully saturated rings. The first kappa shape index (κ1) is 19.3. The topological polar surface area (TPSA) is 89.3 Å². The quantitative estimate of drug-likeness (QED) is 0.356. The van der Waals surface area contributed by atoms with Crippen LogP contribution in [0.5, 0.6) is 0 Å². The number of aryl methyl sites for hydroxylation is 1. The van der Waals surface area contributed by atoms with Crippen LogP contribution < -0.4 is 4.72 Å². The summed E-state index contributed by atoms with van der Waals surface area (Å²) in [6.45, 7) is 2.80. The van der Waals surface area contributed by atoms with E-state index in [2.05, 4.69) is 4.72 Å². The molecule has 0 aliphatic heterocycles. The summed E-state index contributed by atoms with van der Waals surface area (Å²) in [7, 11) is -4.16. The van der Waals surface area contributed by atoms with Crippen molar-refractivity contribution in [2.24, 2.45) is 0 Å². The Bertz CT molecular complexity index is 885. The van der Waals surface area contributed by atoms with Gasteiger partial charge < -0.3 is 0 Å². The van der Waals surface area contributed by atoms with Crippen molar-refractivity contribution in [2.75, 3.05) is 0 Å². The molecule has 2 aromatic rings. The Labute approximate surface area is 149 Å². The summed E-state index contributed by atoms with van der Waals surface area (Å²) in [6, 6.07) is 9.43. The summed E-state index contributed by atoms with van der Waals surface area (Å²) in [4.78, 5) is 8.08. The number of sulfonamides is 1. The van der Waals surface area contributed by atoms with Crippen molar-refractivity contribution < 1.29 is 17.7 Å². The molecular formula is C16H16ClFN2O4S. The average Bonchev–Trinajstić information content (AvgIpc) is 2.53. The second kappa shape index (κ2) is 7.07. The van der Waals surface area contributed by atoms with E-state index in [1.54, 1.807) is 19.1 Å². The lowest BCUT2D eigenvalue weighted by molar-refractivity contribution is -0.542. The third-order valence-corrected chi connectivity index (χ3v) is 5.50. The molecule has 0 saturated carbocycles. The highest BCUT2D eigenvalue weighted by Gasteiger charge is 2.48. The van der Waals surface area contributed by atoms with Gasteiger partial charge in [-0.05, 0) is 36.7 Å². The van der Waals surface area contributed by atoms with Crippen LogP contribution in [0.25, 0.3) is 0 Å². The summed E-state index contributed by atoms with van der Waals surface area (Å²) < 4.78 is 41.5. The number of nitro groups is 1. The van der Waals surface area contributed by atoms with E-state index in [0.717, 1.165) is 18.6 Å². The summed E-state index contributed by atoms with van der Waals surface area (Å²) >= 11 is 5.97. The third kappa shape index (κ3) is 4.15. The van der Waals surface area contributed by atoms with Crippen molar-refractivity contribution in [1.82, 2.24) is 4.72 Å². The van der Waals surface area contributed by atoms with Crippen LogP contribution in [0, 0.1) is 22.9 Å². The molecular weight excluding hydrogens is 371 g/mol. The Morgan fingerprint density at radius 1 is 1.20 bits per heavy atom. The van der Waals surface area contributed by atoms with Gasteiger partial charge in [-0.1, -0.05) is 35.9 Å². The zero-order chi connectivity index (χ0) is 18.8. The van der Waals surface area contributed by atoms with Crippen LogP contribution in [0.1, 0.15) is 24.1 Å². The Morgan fingerprint density at radius 2 is 1.76 bits per heavy atom. The van der Waals surface area contributed by atoms with E-state index < -0.39 is 31.8 Å². The molecule has 2 atom stereocenters. The van der Waals surface area contributed by atoms with Crippen LogP contribution in [0.2, 0.25) is 0 Å². The lowest BCUT2D eigenvalue weighted by Gasteiger charge is -2.26. The van der Waals surface area contributed by atoms with Crippen LogP contribution in [-0.2, 0) is 10.0 Å². The minimum atomic E-state index is -4.16. The second-order valence-corrected chi connectivity index (χ2v) is 8.15. The summed E-state index contributed by atoms with van der Waals surface area (Å²) in [5.41, 5.74) is 0.629. The van der Waals surface area contributed by atoms with Crippen LogP contribution in [0.3, 0.4) is 0 Å². The molecule has 0 bridgehead atoms. The van der Waals surface area contributed by atoms with E-state index >= 15 is 0 Å². The standard InChI is InChI=1S/C16H16ClFN2O4S/c1-11-7-9-12(10-8-11)25(23,24)19-15(16(2,17)20(21)22)13-5-3-4-6-14(13)18/h3-10,15,19H,1-2H3/t15-,16+/m1/s1. The highest BCUT2D eigenvalue weighted by molar-refractivity contribution is 7.89. The minimum Gasteiger partial charge on any atom is -0.263 e. The molecule has 0 saturated heterocycles. The molecule has 1 N–H and O–H groups in total. The lowest BCUT2D eigenvalue weighted by Crippen LogP contribution is -2.45. The molecule has 25 heavy (non-hydrogen) atoms. The first-order valence-electron chi connectivity index (χ1n) is 7.22. The van der Waals surface area contributed by atoms with Crippen molar-refractivity contribution in [3.8, 4) is 0 Å². The van der Waals surface area contributed by atoms with E-state index in [0.29, 0.717) is 0 Å². The number of nitrogens with one attached hydrogen (secondary N) is 1. The van der Waals surface area contributed by atoms with E-state index in [4.69, 9.17) is 11.6 Å². The molecule has 2 aromatic carbocycles. The zero-order valence-electron chi connectivity index (χ0n) is 13.4. The van der Waals surface area contributed by atoms with Crippen LogP contribution in [0.4, 0.5) is 4.39 Å². The van der Waals surface area contributed by atoms with E-state index in [9.17, 15) is 22.9 Å². The van der Waals surface area contributed by atoms with Gasteiger partial charge >= 0.3 is 5.00 Å². The van der Waals surface area contributed by atoms with Crippen LogP contribution in [-0.4, -0.2) is 18.3 Å². The maximum absolute atomic E-state index is 14.1. The Balaban J connectivity index is 2.52. The summed E-state index contributed by atoms with van der Waals surface area (Å²) in [5, 5.41) is 11.3. The molecule has 134 valence electrons. The zero-order valence-corrected chi connectivity index (χ0v) is 15.0. The number of alkyl halides is 1. The monoisotopic (exact) mass is 386 g/mol. The van der Waals surface area contributed by atoms with Gasteiger partial charge in [-0.2, -0.15) is 4.72 Å². The first-order valence-corrected chi connectivity index (χ1v) is 9.08. The second-order valence-electron chi connectivity index (χ2n) is 5.67. The van der Waals surface area contributed by atoms with Gasteiger partial charge in [0.15, 0.2) is 0 Å². The fourth-order valence-electron chi connectivity index (χ4n) is 2.21. The Hall–Kier alpha value is -2.03. The third-order valence-electron chi connectivity index (χ3n) is 3.70. The maximum Gasteiger partial charge on any atom is 0.312 e. The van der Waals surface area contributed by atoms with Gasteiger partial charge in [-0.15, -0.1) is 0 Å².